The Morgan fingerprint density at radius 1 is 0.938 bits per heavy atom. The molecule has 2 aliphatic rings. The van der Waals surface area contributed by atoms with E-state index < -0.39 is 0 Å². The second-order valence-corrected chi connectivity index (χ2v) is 8.83. The molecule has 32 heavy (non-hydrogen) atoms. The van der Waals surface area contributed by atoms with E-state index in [0.29, 0.717) is 43.1 Å². The van der Waals surface area contributed by atoms with Crippen molar-refractivity contribution in [2.45, 2.75) is 51.0 Å². The van der Waals surface area contributed by atoms with E-state index in [9.17, 15) is 14.0 Å². The minimum atomic E-state index is -0.352. The van der Waals surface area contributed by atoms with Gasteiger partial charge in [0.05, 0.1) is 17.0 Å². The fourth-order valence-electron chi connectivity index (χ4n) is 4.64. The highest BCUT2D eigenvalue weighted by atomic mass is 19.1. The lowest BCUT2D eigenvalue weighted by molar-refractivity contribution is 0.0650. The maximum atomic E-state index is 13.1. The van der Waals surface area contributed by atoms with Crippen molar-refractivity contribution in [3.63, 3.8) is 0 Å². The van der Waals surface area contributed by atoms with E-state index in [4.69, 9.17) is 0 Å². The average Bonchev–Trinajstić information content (AvgIpc) is 2.84. The van der Waals surface area contributed by atoms with Crippen LogP contribution in [0.1, 0.15) is 71.4 Å². The first-order chi connectivity index (χ1) is 15.5. The summed E-state index contributed by atoms with van der Waals surface area (Å²) in [6, 6.07) is 9.77. The fourth-order valence-corrected chi connectivity index (χ4v) is 4.64. The first kappa shape index (κ1) is 22.2. The molecule has 2 fully saturated rings. The van der Waals surface area contributed by atoms with Gasteiger partial charge in [-0.1, -0.05) is 25.8 Å². The first-order valence-corrected chi connectivity index (χ1v) is 11.5. The molecule has 1 saturated heterocycles. The molecule has 2 heterocycles. The highest BCUT2D eigenvalue weighted by molar-refractivity contribution is 5.98. The van der Waals surface area contributed by atoms with E-state index >= 15 is 0 Å². The van der Waals surface area contributed by atoms with Crippen LogP contribution in [0.5, 0.6) is 0 Å². The van der Waals surface area contributed by atoms with Gasteiger partial charge >= 0.3 is 0 Å². The molecule has 1 aromatic carbocycles. The van der Waals surface area contributed by atoms with E-state index in [1.165, 1.54) is 43.5 Å². The van der Waals surface area contributed by atoms with E-state index in [1.54, 1.807) is 17.2 Å². The lowest BCUT2D eigenvalue weighted by Crippen LogP contribution is -2.40. The maximum Gasteiger partial charge on any atom is 0.255 e. The van der Waals surface area contributed by atoms with Gasteiger partial charge in [0.1, 0.15) is 5.82 Å². The third-order valence-corrected chi connectivity index (χ3v) is 6.58. The number of halogens is 1. The van der Waals surface area contributed by atoms with Crippen molar-refractivity contribution in [3.8, 4) is 0 Å². The van der Waals surface area contributed by atoms with Crippen LogP contribution < -0.4 is 5.32 Å². The zero-order valence-electron chi connectivity index (χ0n) is 18.4. The van der Waals surface area contributed by atoms with Gasteiger partial charge in [-0.25, -0.2) is 4.39 Å². The smallest absolute Gasteiger partial charge is 0.255 e. The summed E-state index contributed by atoms with van der Waals surface area (Å²) in [5, 5.41) is 3.47. The number of nitrogens with one attached hydrogen (secondary N) is 1. The van der Waals surface area contributed by atoms with Crippen molar-refractivity contribution in [2.24, 2.45) is 5.92 Å². The molecule has 0 spiro atoms. The summed E-state index contributed by atoms with van der Waals surface area (Å²) < 4.78 is 13.1. The zero-order valence-corrected chi connectivity index (χ0v) is 18.4. The molecule has 4 rings (SSSR count). The highest BCUT2D eigenvalue weighted by Gasteiger charge is 2.28. The number of likely N-dealkylation sites (tertiary alicyclic amines) is 1. The molecule has 1 aliphatic heterocycles. The molecule has 1 aromatic heterocycles. The van der Waals surface area contributed by atoms with Crippen molar-refractivity contribution in [1.29, 1.82) is 0 Å². The quantitative estimate of drug-likeness (QED) is 0.659. The normalized spacial score (nSPS) is 17.7. The number of Topliss-reactive ketones (excluding diaryl/α,β-unsaturated/α-hetero) is 1. The number of carbonyl (C=O) groups is 2. The van der Waals surface area contributed by atoms with Crippen LogP contribution in [0.3, 0.4) is 0 Å². The second kappa shape index (κ2) is 10.1. The van der Waals surface area contributed by atoms with Crippen molar-refractivity contribution in [3.05, 3.63) is 71.8 Å². The number of piperidine rings is 1. The Morgan fingerprint density at radius 3 is 2.22 bits per heavy atom. The number of nitrogens with zero attached hydrogens (tertiary/aromatic N) is 2. The Hall–Kier alpha value is -3.02. The van der Waals surface area contributed by atoms with Gasteiger partial charge in [-0.05, 0) is 62.1 Å². The van der Waals surface area contributed by atoms with Gasteiger partial charge < -0.3 is 10.2 Å². The summed E-state index contributed by atoms with van der Waals surface area (Å²) in [5.41, 5.74) is 2.63. The largest absolute Gasteiger partial charge is 0.381 e. The molecule has 0 radical (unpaired) electrons. The second-order valence-electron chi connectivity index (χ2n) is 8.83. The Labute approximate surface area is 188 Å². The van der Waals surface area contributed by atoms with E-state index in [0.717, 1.165) is 24.2 Å². The molecular weight excluding hydrogens is 405 g/mol. The third kappa shape index (κ3) is 5.23. The van der Waals surface area contributed by atoms with Crippen LogP contribution in [0.15, 0.2) is 49.2 Å². The molecule has 1 aliphatic carbocycles. The van der Waals surface area contributed by atoms with E-state index in [1.807, 2.05) is 6.07 Å². The van der Waals surface area contributed by atoms with Crippen LogP contribution in [0.4, 0.5) is 4.39 Å². The molecule has 1 saturated carbocycles. The number of aromatic nitrogens is 1. The topological polar surface area (TPSA) is 62.3 Å². The molecule has 2 aromatic rings. The van der Waals surface area contributed by atoms with Crippen LogP contribution >= 0.6 is 0 Å². The van der Waals surface area contributed by atoms with Crippen LogP contribution in [0.25, 0.3) is 5.70 Å². The number of rotatable bonds is 6. The molecule has 168 valence electrons. The van der Waals surface area contributed by atoms with Crippen LogP contribution in [-0.2, 0) is 0 Å². The van der Waals surface area contributed by atoms with Crippen molar-refractivity contribution in [1.82, 2.24) is 15.2 Å². The van der Waals surface area contributed by atoms with Gasteiger partial charge in [0.25, 0.3) is 5.91 Å². The summed E-state index contributed by atoms with van der Waals surface area (Å²) in [6.07, 6.45) is 8.95. The molecule has 1 amide bonds. The van der Waals surface area contributed by atoms with Gasteiger partial charge in [0.15, 0.2) is 5.78 Å². The van der Waals surface area contributed by atoms with Gasteiger partial charge in [0.2, 0.25) is 0 Å². The lowest BCUT2D eigenvalue weighted by atomic mass is 9.88. The molecule has 5 nitrogen and oxygen atoms in total. The summed E-state index contributed by atoms with van der Waals surface area (Å²) in [5.74, 6) is -0.538. The Bertz CT molecular complexity index is 958. The number of hydrogen-bond donors (Lipinski definition) is 1. The van der Waals surface area contributed by atoms with Gasteiger partial charge in [-0.15, -0.1) is 0 Å². The van der Waals surface area contributed by atoms with E-state index in [-0.39, 0.29) is 23.4 Å². The number of ketones is 1. The lowest BCUT2D eigenvalue weighted by Gasteiger charge is -2.31. The number of hydrogen-bond acceptors (Lipinski definition) is 4. The van der Waals surface area contributed by atoms with Crippen molar-refractivity contribution in [2.75, 3.05) is 13.1 Å². The molecule has 1 N–H and O–H groups in total. The van der Waals surface area contributed by atoms with Crippen molar-refractivity contribution >= 4 is 17.4 Å². The summed E-state index contributed by atoms with van der Waals surface area (Å²) in [6.45, 7) is 5.16. The van der Waals surface area contributed by atoms with Crippen molar-refractivity contribution < 1.29 is 14.0 Å². The third-order valence-electron chi connectivity index (χ3n) is 6.58. The molecule has 0 atom stereocenters. The average molecular weight is 436 g/mol. The summed E-state index contributed by atoms with van der Waals surface area (Å²) in [4.78, 5) is 31.8. The zero-order chi connectivity index (χ0) is 22.5. The minimum Gasteiger partial charge on any atom is -0.381 e. The summed E-state index contributed by atoms with van der Waals surface area (Å²) in [7, 11) is 0. The SMILES string of the molecule is C=C(NC1CCCCC1)c1ccc(C(=O)N2CCC(C(=O)c3ccc(F)cc3)CC2)cn1. The first-order valence-electron chi connectivity index (χ1n) is 11.5. The van der Waals surface area contributed by atoms with E-state index in [2.05, 4.69) is 16.9 Å². The highest BCUT2D eigenvalue weighted by Crippen LogP contribution is 2.24. The van der Waals surface area contributed by atoms with Gasteiger partial charge in [0, 0.05) is 36.8 Å². The number of carbonyl (C=O) groups excluding carboxylic acids is 2. The van der Waals surface area contributed by atoms with Crippen LogP contribution in [0.2, 0.25) is 0 Å². The number of pyridine rings is 1. The molecule has 0 unspecified atom stereocenters. The Morgan fingerprint density at radius 2 is 1.59 bits per heavy atom. The predicted octanol–water partition coefficient (Wildman–Crippen LogP) is 4.85. The number of amides is 1. The van der Waals surface area contributed by atoms with Gasteiger partial charge in [-0.3, -0.25) is 14.6 Å². The Kier molecular flexibility index (Phi) is 6.98. The monoisotopic (exact) mass is 435 g/mol. The number of benzene rings is 1. The van der Waals surface area contributed by atoms with Gasteiger partial charge in [-0.2, -0.15) is 0 Å². The minimum absolute atomic E-state index is 0.0205. The molecule has 0 bridgehead atoms. The molecular formula is C26H30FN3O2. The Balaban J connectivity index is 1.30. The maximum absolute atomic E-state index is 13.1. The predicted molar refractivity (Wildman–Crippen MR) is 123 cm³/mol. The fraction of sp³-hybridized carbons (Fsp3) is 0.423. The molecule has 6 heteroatoms. The standard InChI is InChI=1S/C26H30FN3O2/c1-18(29-23-5-3-2-4-6-23)24-12-9-21(17-28-24)26(32)30-15-13-20(14-16-30)25(31)19-7-10-22(27)11-8-19/h7-12,17,20,23,29H,1-6,13-16H2. The summed E-state index contributed by atoms with van der Waals surface area (Å²) >= 11 is 0. The van der Waals surface area contributed by atoms with Crippen LogP contribution in [-0.4, -0.2) is 40.7 Å². The van der Waals surface area contributed by atoms with Crippen LogP contribution in [0, 0.1) is 11.7 Å².